The Bertz CT molecular complexity index is 1180. The summed E-state index contributed by atoms with van der Waals surface area (Å²) in [6.07, 6.45) is -0.205. The number of anilines is 1. The van der Waals surface area contributed by atoms with Gasteiger partial charge < -0.3 is 10.6 Å². The van der Waals surface area contributed by atoms with Crippen LogP contribution in [-0.2, 0) is 15.1 Å². The van der Waals surface area contributed by atoms with Crippen LogP contribution in [0, 0.1) is 5.92 Å². The smallest absolute Gasteiger partial charge is 0.330 e. The van der Waals surface area contributed by atoms with Gasteiger partial charge >= 0.3 is 11.9 Å². The molecule has 0 bridgehead atoms. The lowest BCUT2D eigenvalue weighted by molar-refractivity contribution is -0.200. The van der Waals surface area contributed by atoms with Gasteiger partial charge in [-0.1, -0.05) is 50.3 Å². The summed E-state index contributed by atoms with van der Waals surface area (Å²) >= 11 is 0. The number of amides is 2. The first-order chi connectivity index (χ1) is 15.6. The van der Waals surface area contributed by atoms with Gasteiger partial charge in [0.05, 0.1) is 5.69 Å². The first-order valence-corrected chi connectivity index (χ1v) is 10.8. The van der Waals surface area contributed by atoms with Crippen LogP contribution < -0.4 is 21.9 Å². The fourth-order valence-corrected chi connectivity index (χ4v) is 4.68. The van der Waals surface area contributed by atoms with E-state index in [1.807, 2.05) is 10.3 Å². The standard InChI is InChI=1S/C22H23F3N4O4/c23-22(24,25)21(28-15(30)12-11-13-7-3-1-4-8-13)16-17(26-19(21)32)29(20(33)27-18(16)31)14-9-5-2-6-10-14/h2,5-6,9-10,13H,1,3-4,7-8,11-12H2,(H,26,32)(H,28,30)(H,27,31,33)/t21-/m1/s1. The minimum absolute atomic E-state index is 0.136. The Hall–Kier alpha value is -3.37. The second-order valence-electron chi connectivity index (χ2n) is 8.45. The van der Waals surface area contributed by atoms with Gasteiger partial charge in [0.1, 0.15) is 11.4 Å². The summed E-state index contributed by atoms with van der Waals surface area (Å²) < 4.78 is 44.0. The predicted molar refractivity (Wildman–Crippen MR) is 113 cm³/mol. The van der Waals surface area contributed by atoms with Gasteiger partial charge in [-0.25, -0.2) is 9.36 Å². The molecule has 2 aliphatic rings. The van der Waals surface area contributed by atoms with Crippen molar-refractivity contribution in [3.05, 3.63) is 56.7 Å². The Morgan fingerprint density at radius 3 is 2.39 bits per heavy atom. The van der Waals surface area contributed by atoms with E-state index in [2.05, 4.69) is 0 Å². The lowest BCUT2D eigenvalue weighted by Gasteiger charge is -2.30. The third-order valence-electron chi connectivity index (χ3n) is 6.33. The van der Waals surface area contributed by atoms with E-state index in [1.54, 1.807) is 23.5 Å². The van der Waals surface area contributed by atoms with E-state index in [0.29, 0.717) is 6.42 Å². The number of hydrogen-bond donors (Lipinski definition) is 3. The maximum atomic E-state index is 14.4. The Morgan fingerprint density at radius 2 is 1.76 bits per heavy atom. The highest BCUT2D eigenvalue weighted by molar-refractivity contribution is 6.07. The molecule has 2 heterocycles. The third-order valence-corrected chi connectivity index (χ3v) is 6.33. The molecule has 1 aromatic heterocycles. The van der Waals surface area contributed by atoms with Crippen LogP contribution in [0.1, 0.15) is 50.5 Å². The van der Waals surface area contributed by atoms with Gasteiger partial charge in [-0.3, -0.25) is 19.4 Å². The number of rotatable bonds is 5. The van der Waals surface area contributed by atoms with Crippen molar-refractivity contribution in [2.24, 2.45) is 5.92 Å². The number of aromatic amines is 1. The SMILES string of the molecule is O=C(CCC1CCCCC1)N[C@@]1(C(F)(F)F)C(=O)Nc2c1c(=O)[nH]c(=O)n2-c1ccccc1. The topological polar surface area (TPSA) is 113 Å². The van der Waals surface area contributed by atoms with Crippen molar-refractivity contribution < 1.29 is 22.8 Å². The van der Waals surface area contributed by atoms with Gasteiger partial charge in [0.25, 0.3) is 11.5 Å². The maximum Gasteiger partial charge on any atom is 0.425 e. The summed E-state index contributed by atoms with van der Waals surface area (Å²) in [5.41, 5.74) is -6.95. The molecule has 1 aliphatic heterocycles. The van der Waals surface area contributed by atoms with Crippen LogP contribution in [0.25, 0.3) is 5.69 Å². The largest absolute Gasteiger partial charge is 0.425 e. The van der Waals surface area contributed by atoms with Crippen LogP contribution in [0.4, 0.5) is 19.0 Å². The maximum absolute atomic E-state index is 14.4. The van der Waals surface area contributed by atoms with Crippen molar-refractivity contribution in [2.45, 2.75) is 56.7 Å². The van der Waals surface area contributed by atoms with Gasteiger partial charge in [-0.05, 0) is 24.5 Å². The normalized spacial score (nSPS) is 20.9. The van der Waals surface area contributed by atoms with E-state index in [-0.39, 0.29) is 18.0 Å². The number of halogens is 3. The van der Waals surface area contributed by atoms with E-state index in [0.717, 1.165) is 36.7 Å². The Kier molecular flexibility index (Phi) is 5.89. The molecule has 0 unspecified atom stereocenters. The number of carbonyl (C=O) groups excluding carboxylic acids is 2. The Morgan fingerprint density at radius 1 is 1.09 bits per heavy atom. The number of H-pyrrole nitrogens is 1. The quantitative estimate of drug-likeness (QED) is 0.632. The molecule has 1 saturated carbocycles. The van der Waals surface area contributed by atoms with Gasteiger partial charge in [0, 0.05) is 6.42 Å². The van der Waals surface area contributed by atoms with Crippen LogP contribution in [0.3, 0.4) is 0 Å². The summed E-state index contributed by atoms with van der Waals surface area (Å²) in [4.78, 5) is 52.3. The number of carbonyl (C=O) groups is 2. The zero-order valence-electron chi connectivity index (χ0n) is 17.6. The van der Waals surface area contributed by atoms with Gasteiger partial charge in [0.2, 0.25) is 11.4 Å². The van der Waals surface area contributed by atoms with Crippen LogP contribution in [0.2, 0.25) is 0 Å². The number of nitrogens with one attached hydrogen (secondary N) is 3. The highest BCUT2D eigenvalue weighted by Crippen LogP contribution is 2.45. The molecule has 33 heavy (non-hydrogen) atoms. The molecule has 1 aromatic carbocycles. The zero-order valence-corrected chi connectivity index (χ0v) is 17.6. The molecular formula is C22H23F3N4O4. The molecule has 1 fully saturated rings. The van der Waals surface area contributed by atoms with E-state index < -0.39 is 46.2 Å². The molecule has 1 atom stereocenters. The number of alkyl halides is 3. The summed E-state index contributed by atoms with van der Waals surface area (Å²) in [5, 5.41) is 3.83. The van der Waals surface area contributed by atoms with Crippen molar-refractivity contribution in [3.63, 3.8) is 0 Å². The van der Waals surface area contributed by atoms with E-state index in [1.165, 1.54) is 12.1 Å². The molecule has 0 saturated heterocycles. The molecule has 0 spiro atoms. The molecule has 2 amide bonds. The second-order valence-corrected chi connectivity index (χ2v) is 8.45. The summed E-state index contributed by atoms with van der Waals surface area (Å²) in [5.74, 6) is -3.01. The van der Waals surface area contributed by atoms with Crippen LogP contribution in [0.5, 0.6) is 0 Å². The Balaban J connectivity index is 1.76. The van der Waals surface area contributed by atoms with Crippen molar-refractivity contribution in [1.29, 1.82) is 0 Å². The van der Waals surface area contributed by atoms with Gasteiger partial charge in [-0.15, -0.1) is 0 Å². The molecule has 3 N–H and O–H groups in total. The summed E-state index contributed by atoms with van der Waals surface area (Å²) in [6.45, 7) is 0. The molecule has 8 nitrogen and oxygen atoms in total. The van der Waals surface area contributed by atoms with E-state index >= 15 is 0 Å². The number of hydrogen-bond acceptors (Lipinski definition) is 4. The minimum atomic E-state index is -5.34. The lowest BCUT2D eigenvalue weighted by Crippen LogP contribution is -2.62. The summed E-state index contributed by atoms with van der Waals surface area (Å²) in [6, 6.07) is 7.58. The lowest BCUT2D eigenvalue weighted by atomic mass is 9.85. The van der Waals surface area contributed by atoms with Crippen LogP contribution in [0.15, 0.2) is 39.9 Å². The van der Waals surface area contributed by atoms with Crippen LogP contribution in [-0.4, -0.2) is 27.5 Å². The molecule has 11 heteroatoms. The molecule has 4 rings (SSSR count). The highest BCUT2D eigenvalue weighted by Gasteiger charge is 2.68. The van der Waals surface area contributed by atoms with Crippen molar-refractivity contribution in [3.8, 4) is 5.69 Å². The summed E-state index contributed by atoms with van der Waals surface area (Å²) in [7, 11) is 0. The Labute approximate surface area is 186 Å². The number of nitrogens with zero attached hydrogens (tertiary/aromatic N) is 1. The third kappa shape index (κ3) is 3.96. The molecule has 2 aromatic rings. The predicted octanol–water partition coefficient (Wildman–Crippen LogP) is 2.71. The van der Waals surface area contributed by atoms with E-state index in [9.17, 15) is 32.3 Å². The molecule has 176 valence electrons. The fraction of sp³-hybridized carbons (Fsp3) is 0.455. The molecule has 0 radical (unpaired) electrons. The molecular weight excluding hydrogens is 441 g/mol. The number of para-hydroxylation sites is 1. The van der Waals surface area contributed by atoms with Crippen LogP contribution >= 0.6 is 0 Å². The van der Waals surface area contributed by atoms with Crippen molar-refractivity contribution in [2.75, 3.05) is 5.32 Å². The highest BCUT2D eigenvalue weighted by atomic mass is 19.4. The minimum Gasteiger partial charge on any atom is -0.330 e. The van der Waals surface area contributed by atoms with Gasteiger partial charge in [0.15, 0.2) is 0 Å². The first-order valence-electron chi connectivity index (χ1n) is 10.8. The first kappa shape index (κ1) is 22.8. The number of benzene rings is 1. The molecule has 1 aliphatic carbocycles. The number of fused-ring (bicyclic) bond motifs is 1. The zero-order chi connectivity index (χ0) is 23.8. The second kappa shape index (κ2) is 8.53. The average Bonchev–Trinajstić information content (AvgIpc) is 3.07. The average molecular weight is 464 g/mol. The van der Waals surface area contributed by atoms with Gasteiger partial charge in [-0.2, -0.15) is 13.2 Å². The van der Waals surface area contributed by atoms with Crippen molar-refractivity contribution in [1.82, 2.24) is 14.9 Å². The monoisotopic (exact) mass is 464 g/mol. The number of aromatic nitrogens is 2. The van der Waals surface area contributed by atoms with E-state index in [4.69, 9.17) is 0 Å². The van der Waals surface area contributed by atoms with Crippen molar-refractivity contribution >= 4 is 17.6 Å². The fourth-order valence-electron chi connectivity index (χ4n) is 4.68.